The average Bonchev–Trinajstić information content (AvgIpc) is 2.26. The van der Waals surface area contributed by atoms with Crippen LogP contribution < -0.4 is 4.74 Å². The third-order valence-electron chi connectivity index (χ3n) is 2.20. The van der Waals surface area contributed by atoms with Crippen LogP contribution in [0, 0.1) is 3.57 Å². The summed E-state index contributed by atoms with van der Waals surface area (Å²) in [4.78, 5) is 3.92. The van der Waals surface area contributed by atoms with Crippen molar-refractivity contribution in [1.29, 1.82) is 0 Å². The van der Waals surface area contributed by atoms with Crippen molar-refractivity contribution in [2.24, 2.45) is 0 Å². The fourth-order valence-corrected chi connectivity index (χ4v) is 2.57. The summed E-state index contributed by atoms with van der Waals surface area (Å²) in [6.45, 7) is 0. The molecular weight excluding hydrogens is 393 g/mol. The van der Waals surface area contributed by atoms with Gasteiger partial charge in [-0.1, -0.05) is 23.7 Å². The molecule has 2 nitrogen and oxygen atoms in total. The van der Waals surface area contributed by atoms with Crippen molar-refractivity contribution in [1.82, 2.24) is 4.98 Å². The SMILES string of the molecule is FC(F)(F)Oc1cccc(-c2cnc(Cl)cc2I)c1. The first-order valence-corrected chi connectivity index (χ1v) is 6.48. The Hall–Kier alpha value is -1.02. The van der Waals surface area contributed by atoms with Crippen molar-refractivity contribution in [3.63, 3.8) is 0 Å². The van der Waals surface area contributed by atoms with Gasteiger partial charge >= 0.3 is 6.36 Å². The van der Waals surface area contributed by atoms with Crippen LogP contribution in [0.4, 0.5) is 13.2 Å². The molecule has 0 bridgehead atoms. The van der Waals surface area contributed by atoms with E-state index in [9.17, 15) is 13.2 Å². The third kappa shape index (κ3) is 3.97. The van der Waals surface area contributed by atoms with Gasteiger partial charge in [0.2, 0.25) is 0 Å². The topological polar surface area (TPSA) is 22.1 Å². The number of halogens is 5. The highest BCUT2D eigenvalue weighted by atomic mass is 127. The van der Waals surface area contributed by atoms with E-state index in [1.807, 2.05) is 22.6 Å². The molecule has 0 unspecified atom stereocenters. The first kappa shape index (κ1) is 14.4. The smallest absolute Gasteiger partial charge is 0.406 e. The number of benzene rings is 1. The lowest BCUT2D eigenvalue weighted by molar-refractivity contribution is -0.274. The summed E-state index contributed by atoms with van der Waals surface area (Å²) in [5.41, 5.74) is 1.27. The van der Waals surface area contributed by atoms with Gasteiger partial charge in [0, 0.05) is 15.3 Å². The van der Waals surface area contributed by atoms with Gasteiger partial charge < -0.3 is 4.74 Å². The molecule has 1 aromatic carbocycles. The fourth-order valence-electron chi connectivity index (χ4n) is 1.48. The molecule has 0 saturated heterocycles. The molecule has 0 aliphatic heterocycles. The van der Waals surface area contributed by atoms with Gasteiger partial charge in [0.25, 0.3) is 0 Å². The van der Waals surface area contributed by atoms with E-state index in [-0.39, 0.29) is 5.75 Å². The quantitative estimate of drug-likeness (QED) is 0.529. The first-order chi connectivity index (χ1) is 8.85. The lowest BCUT2D eigenvalue weighted by Crippen LogP contribution is -2.17. The third-order valence-corrected chi connectivity index (χ3v) is 3.30. The predicted molar refractivity (Wildman–Crippen MR) is 74.1 cm³/mol. The highest BCUT2D eigenvalue weighted by Gasteiger charge is 2.31. The number of ether oxygens (including phenoxy) is 1. The molecule has 0 atom stereocenters. The highest BCUT2D eigenvalue weighted by molar-refractivity contribution is 14.1. The van der Waals surface area contributed by atoms with Gasteiger partial charge in [-0.15, -0.1) is 13.2 Å². The second-order valence-electron chi connectivity index (χ2n) is 3.56. The van der Waals surface area contributed by atoms with Gasteiger partial charge in [0.05, 0.1) is 0 Å². The molecule has 0 spiro atoms. The molecule has 0 aliphatic carbocycles. The molecule has 2 rings (SSSR count). The molecular formula is C12H6ClF3INO. The monoisotopic (exact) mass is 399 g/mol. The molecule has 2 aromatic rings. The number of nitrogens with zero attached hydrogens (tertiary/aromatic N) is 1. The summed E-state index contributed by atoms with van der Waals surface area (Å²) in [6, 6.07) is 7.35. The van der Waals surface area contributed by atoms with Crippen LogP contribution in [0.25, 0.3) is 11.1 Å². The Bertz CT molecular complexity index is 604. The lowest BCUT2D eigenvalue weighted by atomic mass is 10.1. The molecule has 0 amide bonds. The van der Waals surface area contributed by atoms with E-state index in [1.54, 1.807) is 12.1 Å². The summed E-state index contributed by atoms with van der Waals surface area (Å²) in [5, 5.41) is 0.329. The summed E-state index contributed by atoms with van der Waals surface area (Å²) < 4.78 is 41.1. The summed E-state index contributed by atoms with van der Waals surface area (Å²) >= 11 is 7.78. The van der Waals surface area contributed by atoms with Gasteiger partial charge in [-0.25, -0.2) is 4.98 Å². The zero-order chi connectivity index (χ0) is 14.0. The fraction of sp³-hybridized carbons (Fsp3) is 0.0833. The molecule has 0 saturated carbocycles. The van der Waals surface area contributed by atoms with Crippen LogP contribution in [0.2, 0.25) is 5.15 Å². The largest absolute Gasteiger partial charge is 0.573 e. The maximum absolute atomic E-state index is 12.2. The van der Waals surface area contributed by atoms with E-state index < -0.39 is 6.36 Å². The number of aromatic nitrogens is 1. The highest BCUT2D eigenvalue weighted by Crippen LogP contribution is 2.30. The summed E-state index contributed by atoms with van der Waals surface area (Å²) in [6.07, 6.45) is -3.19. The van der Waals surface area contributed by atoms with E-state index >= 15 is 0 Å². The molecule has 19 heavy (non-hydrogen) atoms. The Morgan fingerprint density at radius 1 is 1.21 bits per heavy atom. The summed E-state index contributed by atoms with van der Waals surface area (Å²) in [7, 11) is 0. The minimum absolute atomic E-state index is 0.268. The molecule has 0 fully saturated rings. The predicted octanol–water partition coefficient (Wildman–Crippen LogP) is 4.91. The Labute approximate surface area is 125 Å². The second-order valence-corrected chi connectivity index (χ2v) is 5.11. The van der Waals surface area contributed by atoms with Gasteiger partial charge in [-0.05, 0) is 46.4 Å². The van der Waals surface area contributed by atoms with Crippen molar-refractivity contribution >= 4 is 34.2 Å². The van der Waals surface area contributed by atoms with Gasteiger partial charge in [0.1, 0.15) is 10.9 Å². The maximum Gasteiger partial charge on any atom is 0.573 e. The van der Waals surface area contributed by atoms with Crippen LogP contribution in [-0.4, -0.2) is 11.3 Å². The van der Waals surface area contributed by atoms with Crippen molar-refractivity contribution in [3.05, 3.63) is 45.3 Å². The van der Waals surface area contributed by atoms with Crippen LogP contribution in [0.15, 0.2) is 36.5 Å². The van der Waals surface area contributed by atoms with Crippen LogP contribution in [0.5, 0.6) is 5.75 Å². The van der Waals surface area contributed by atoms with Crippen LogP contribution in [0.1, 0.15) is 0 Å². The van der Waals surface area contributed by atoms with E-state index in [4.69, 9.17) is 11.6 Å². The van der Waals surface area contributed by atoms with Gasteiger partial charge in [0.15, 0.2) is 0 Å². The standard InChI is InChI=1S/C12H6ClF3INO/c13-11-5-10(17)9(6-18-11)7-2-1-3-8(4-7)19-12(14,15)16/h1-6H. The number of alkyl halides is 3. The molecule has 0 radical (unpaired) electrons. The normalized spacial score (nSPS) is 11.4. The summed E-state index contributed by atoms with van der Waals surface area (Å²) in [5.74, 6) is -0.268. The van der Waals surface area contributed by atoms with E-state index in [1.165, 1.54) is 24.4 Å². The second kappa shape index (κ2) is 5.54. The minimum atomic E-state index is -4.70. The van der Waals surface area contributed by atoms with Crippen molar-refractivity contribution in [2.75, 3.05) is 0 Å². The van der Waals surface area contributed by atoms with Crippen molar-refractivity contribution in [2.45, 2.75) is 6.36 Å². The number of pyridine rings is 1. The van der Waals surface area contributed by atoms with Crippen molar-refractivity contribution in [3.8, 4) is 16.9 Å². The number of hydrogen-bond donors (Lipinski definition) is 0. The average molecular weight is 400 g/mol. The molecule has 1 aromatic heterocycles. The Morgan fingerprint density at radius 3 is 2.58 bits per heavy atom. The Morgan fingerprint density at radius 2 is 1.95 bits per heavy atom. The Balaban J connectivity index is 2.38. The Kier molecular flexibility index (Phi) is 4.19. The number of hydrogen-bond acceptors (Lipinski definition) is 2. The van der Waals surface area contributed by atoms with Gasteiger partial charge in [-0.3, -0.25) is 0 Å². The van der Waals surface area contributed by atoms with Crippen molar-refractivity contribution < 1.29 is 17.9 Å². The molecule has 1 heterocycles. The zero-order valence-electron chi connectivity index (χ0n) is 9.21. The maximum atomic E-state index is 12.2. The van der Waals surface area contributed by atoms with E-state index in [0.29, 0.717) is 16.3 Å². The lowest BCUT2D eigenvalue weighted by Gasteiger charge is -2.10. The molecule has 0 aliphatic rings. The first-order valence-electron chi connectivity index (χ1n) is 5.02. The molecule has 7 heteroatoms. The van der Waals surface area contributed by atoms with Crippen LogP contribution in [0.3, 0.4) is 0 Å². The zero-order valence-corrected chi connectivity index (χ0v) is 12.1. The van der Waals surface area contributed by atoms with E-state index in [2.05, 4.69) is 9.72 Å². The van der Waals surface area contributed by atoms with Gasteiger partial charge in [-0.2, -0.15) is 0 Å². The van der Waals surface area contributed by atoms with Crippen LogP contribution >= 0.6 is 34.2 Å². The van der Waals surface area contributed by atoms with E-state index in [0.717, 1.165) is 3.57 Å². The minimum Gasteiger partial charge on any atom is -0.406 e. The number of rotatable bonds is 2. The molecule has 100 valence electrons. The van der Waals surface area contributed by atoms with Crippen LogP contribution in [-0.2, 0) is 0 Å². The molecule has 0 N–H and O–H groups in total.